The van der Waals surface area contributed by atoms with Gasteiger partial charge >= 0.3 is 5.97 Å². The molecule has 242 valence electrons. The lowest BCUT2D eigenvalue weighted by atomic mass is 10.1. The molecule has 9 heteroatoms. The second kappa shape index (κ2) is 22.6. The van der Waals surface area contributed by atoms with E-state index in [9.17, 15) is 14.4 Å². The molecule has 2 aromatic rings. The molecule has 0 aliphatic rings. The van der Waals surface area contributed by atoms with Gasteiger partial charge in [0.15, 0.2) is 11.5 Å². The zero-order valence-corrected chi connectivity index (χ0v) is 26.8. The summed E-state index contributed by atoms with van der Waals surface area (Å²) in [7, 11) is 0. The molecule has 0 radical (unpaired) electrons. The van der Waals surface area contributed by atoms with Crippen molar-refractivity contribution in [2.24, 2.45) is 5.10 Å². The van der Waals surface area contributed by atoms with Crippen LogP contribution < -0.4 is 25.0 Å². The molecule has 0 fully saturated rings. The fourth-order valence-corrected chi connectivity index (χ4v) is 4.46. The van der Waals surface area contributed by atoms with Gasteiger partial charge in [-0.25, -0.2) is 10.2 Å². The van der Waals surface area contributed by atoms with Crippen LogP contribution in [0.4, 0.5) is 0 Å². The number of rotatable bonds is 23. The standard InChI is InChI=1S/C35H51N3O6/c1-4-7-8-9-10-11-12-13-14-15-16-17-33(39)36-27-34(40)38-37-26-28-18-23-31(32(25-28)42-6-3)44-35(41)29-19-21-30(22-20-29)43-24-5-2/h18-23,25-26H,4-17,24,27H2,1-3H3,(H,36,39)(H,38,40)/b37-26-. The summed E-state index contributed by atoms with van der Waals surface area (Å²) < 4.78 is 16.8. The van der Waals surface area contributed by atoms with E-state index in [0.717, 1.165) is 25.7 Å². The van der Waals surface area contributed by atoms with E-state index < -0.39 is 11.9 Å². The zero-order valence-electron chi connectivity index (χ0n) is 26.8. The highest BCUT2D eigenvalue weighted by atomic mass is 16.6. The molecule has 0 spiro atoms. The van der Waals surface area contributed by atoms with Gasteiger partial charge < -0.3 is 19.5 Å². The minimum atomic E-state index is -0.521. The minimum absolute atomic E-state index is 0.132. The van der Waals surface area contributed by atoms with E-state index >= 15 is 0 Å². The summed E-state index contributed by atoms with van der Waals surface area (Å²) in [6.07, 6.45) is 16.2. The van der Waals surface area contributed by atoms with Crippen molar-refractivity contribution < 1.29 is 28.6 Å². The molecule has 44 heavy (non-hydrogen) atoms. The van der Waals surface area contributed by atoms with Crippen LogP contribution in [0.2, 0.25) is 0 Å². The number of carbonyl (C=O) groups is 3. The van der Waals surface area contributed by atoms with Crippen LogP contribution in [-0.4, -0.2) is 43.8 Å². The molecule has 0 atom stereocenters. The molecule has 0 aliphatic carbocycles. The molecule has 0 aromatic heterocycles. The Hall–Kier alpha value is -3.88. The molecule has 0 heterocycles. The van der Waals surface area contributed by atoms with Crippen molar-refractivity contribution in [3.8, 4) is 17.2 Å². The second-order valence-corrected chi connectivity index (χ2v) is 10.8. The largest absolute Gasteiger partial charge is 0.494 e. The third-order valence-electron chi connectivity index (χ3n) is 6.89. The van der Waals surface area contributed by atoms with E-state index in [2.05, 4.69) is 22.8 Å². The van der Waals surface area contributed by atoms with Crippen molar-refractivity contribution in [2.45, 2.75) is 104 Å². The Bertz CT molecular complexity index is 1150. The summed E-state index contributed by atoms with van der Waals surface area (Å²) in [5.41, 5.74) is 3.43. The second-order valence-electron chi connectivity index (χ2n) is 10.8. The number of unbranched alkanes of at least 4 members (excludes halogenated alkanes) is 10. The van der Waals surface area contributed by atoms with E-state index in [1.165, 1.54) is 57.6 Å². The number of hydrogen-bond acceptors (Lipinski definition) is 7. The number of nitrogens with one attached hydrogen (secondary N) is 2. The molecule has 2 aromatic carbocycles. The third kappa shape index (κ3) is 15.5. The van der Waals surface area contributed by atoms with Gasteiger partial charge in [-0.05, 0) is 67.8 Å². The molecule has 9 nitrogen and oxygen atoms in total. The first-order valence-electron chi connectivity index (χ1n) is 16.3. The van der Waals surface area contributed by atoms with Crippen LogP contribution >= 0.6 is 0 Å². The lowest BCUT2D eigenvalue weighted by Gasteiger charge is -2.12. The minimum Gasteiger partial charge on any atom is -0.494 e. The van der Waals surface area contributed by atoms with Crippen molar-refractivity contribution in [1.82, 2.24) is 10.7 Å². The smallest absolute Gasteiger partial charge is 0.343 e. The highest BCUT2D eigenvalue weighted by Crippen LogP contribution is 2.29. The summed E-state index contributed by atoms with van der Waals surface area (Å²) in [6.45, 7) is 6.92. The number of hydrazone groups is 1. The lowest BCUT2D eigenvalue weighted by molar-refractivity contribution is -0.126. The Morgan fingerprint density at radius 3 is 2.02 bits per heavy atom. The Morgan fingerprint density at radius 1 is 0.727 bits per heavy atom. The molecule has 0 bridgehead atoms. The van der Waals surface area contributed by atoms with Gasteiger partial charge in [-0.2, -0.15) is 5.10 Å². The Labute approximate surface area is 263 Å². The molecule has 2 amide bonds. The highest BCUT2D eigenvalue weighted by molar-refractivity contribution is 5.92. The van der Waals surface area contributed by atoms with Crippen LogP contribution in [-0.2, 0) is 9.59 Å². The number of benzene rings is 2. The van der Waals surface area contributed by atoms with Gasteiger partial charge in [0, 0.05) is 6.42 Å². The Kier molecular flexibility index (Phi) is 18.7. The Balaban J connectivity index is 1.69. The maximum absolute atomic E-state index is 12.7. The average Bonchev–Trinajstić information content (AvgIpc) is 3.03. The summed E-state index contributed by atoms with van der Waals surface area (Å²) >= 11 is 0. The number of esters is 1. The molecular weight excluding hydrogens is 558 g/mol. The van der Waals surface area contributed by atoms with Gasteiger partial charge in [-0.1, -0.05) is 78.1 Å². The number of carbonyl (C=O) groups excluding carboxylic acids is 3. The van der Waals surface area contributed by atoms with Crippen LogP contribution in [0.5, 0.6) is 17.2 Å². The van der Waals surface area contributed by atoms with Crippen LogP contribution in [0.3, 0.4) is 0 Å². The van der Waals surface area contributed by atoms with Crippen LogP contribution in [0.15, 0.2) is 47.6 Å². The quantitative estimate of drug-likeness (QED) is 0.0447. The summed E-state index contributed by atoms with van der Waals surface area (Å²) in [5.74, 6) is 0.254. The number of nitrogens with zero attached hydrogens (tertiary/aromatic N) is 1. The SMILES string of the molecule is CCCCCCCCCCCCCC(=O)NCC(=O)N/N=C\c1ccc(OC(=O)c2ccc(OCCC)cc2)c(OCC)c1. The molecule has 0 saturated carbocycles. The fourth-order valence-electron chi connectivity index (χ4n) is 4.46. The average molecular weight is 610 g/mol. The topological polar surface area (TPSA) is 115 Å². The van der Waals surface area contributed by atoms with Crippen molar-refractivity contribution in [3.63, 3.8) is 0 Å². The van der Waals surface area contributed by atoms with Crippen molar-refractivity contribution >= 4 is 24.0 Å². The van der Waals surface area contributed by atoms with Crippen molar-refractivity contribution in [2.75, 3.05) is 19.8 Å². The third-order valence-corrected chi connectivity index (χ3v) is 6.89. The van der Waals surface area contributed by atoms with E-state index in [1.807, 2.05) is 13.8 Å². The van der Waals surface area contributed by atoms with Crippen LogP contribution in [0.25, 0.3) is 0 Å². The van der Waals surface area contributed by atoms with Gasteiger partial charge in [0.05, 0.1) is 31.5 Å². The molecule has 0 unspecified atom stereocenters. The molecule has 2 rings (SSSR count). The number of ether oxygens (including phenoxy) is 3. The van der Waals surface area contributed by atoms with Gasteiger partial charge in [-0.3, -0.25) is 9.59 Å². The Morgan fingerprint density at radius 2 is 1.39 bits per heavy atom. The molecular formula is C35H51N3O6. The first kappa shape index (κ1) is 36.3. The fraction of sp³-hybridized carbons (Fsp3) is 0.543. The summed E-state index contributed by atoms with van der Waals surface area (Å²) in [4.78, 5) is 36.9. The summed E-state index contributed by atoms with van der Waals surface area (Å²) in [5, 5.41) is 6.61. The maximum Gasteiger partial charge on any atom is 0.343 e. The molecule has 0 aliphatic heterocycles. The summed E-state index contributed by atoms with van der Waals surface area (Å²) in [6, 6.07) is 11.7. The first-order valence-corrected chi connectivity index (χ1v) is 16.3. The van der Waals surface area contributed by atoms with Crippen molar-refractivity contribution in [3.05, 3.63) is 53.6 Å². The van der Waals surface area contributed by atoms with E-state index in [1.54, 1.807) is 42.5 Å². The maximum atomic E-state index is 12.7. The van der Waals surface area contributed by atoms with E-state index in [-0.39, 0.29) is 18.2 Å². The molecule has 0 saturated heterocycles. The predicted octanol–water partition coefficient (Wildman–Crippen LogP) is 7.36. The lowest BCUT2D eigenvalue weighted by Crippen LogP contribution is -2.34. The van der Waals surface area contributed by atoms with Crippen LogP contribution in [0, 0.1) is 0 Å². The predicted molar refractivity (Wildman–Crippen MR) is 175 cm³/mol. The van der Waals surface area contributed by atoms with Crippen molar-refractivity contribution in [1.29, 1.82) is 0 Å². The van der Waals surface area contributed by atoms with E-state index in [4.69, 9.17) is 14.2 Å². The normalized spacial score (nSPS) is 10.9. The highest BCUT2D eigenvalue weighted by Gasteiger charge is 2.14. The number of amides is 2. The van der Waals surface area contributed by atoms with E-state index in [0.29, 0.717) is 42.3 Å². The number of hydrogen-bond donors (Lipinski definition) is 2. The first-order chi connectivity index (χ1) is 21.5. The van der Waals surface area contributed by atoms with Gasteiger partial charge in [-0.15, -0.1) is 0 Å². The van der Waals surface area contributed by atoms with Gasteiger partial charge in [0.25, 0.3) is 5.91 Å². The zero-order chi connectivity index (χ0) is 31.8. The van der Waals surface area contributed by atoms with Gasteiger partial charge in [0.1, 0.15) is 5.75 Å². The van der Waals surface area contributed by atoms with Crippen LogP contribution in [0.1, 0.15) is 120 Å². The van der Waals surface area contributed by atoms with Gasteiger partial charge in [0.2, 0.25) is 5.91 Å². The molecule has 2 N–H and O–H groups in total. The monoisotopic (exact) mass is 609 g/mol.